The lowest BCUT2D eigenvalue weighted by Crippen LogP contribution is -2.34. The highest BCUT2D eigenvalue weighted by Gasteiger charge is 2.33. The van der Waals surface area contributed by atoms with Crippen molar-refractivity contribution in [3.05, 3.63) is 155 Å². The summed E-state index contributed by atoms with van der Waals surface area (Å²) >= 11 is 0. The minimum atomic E-state index is -0.771. The molecule has 0 fully saturated rings. The molecule has 6 rings (SSSR count). The number of amides is 1. The van der Waals surface area contributed by atoms with E-state index < -0.39 is 23.9 Å². The average Bonchev–Trinajstić information content (AvgIpc) is 3.32. The van der Waals surface area contributed by atoms with Crippen LogP contribution in [0.3, 0.4) is 0 Å². The molecule has 1 aliphatic rings. The molecule has 204 valence electrons. The van der Waals surface area contributed by atoms with Crippen LogP contribution in [0.5, 0.6) is 0 Å². The maximum Gasteiger partial charge on any atom is 0.254 e. The molecule has 4 nitrogen and oxygen atoms in total. The van der Waals surface area contributed by atoms with Gasteiger partial charge in [-0.1, -0.05) is 109 Å². The first kappa shape index (κ1) is 26.6. The van der Waals surface area contributed by atoms with E-state index in [1.807, 2.05) is 66.7 Å². The summed E-state index contributed by atoms with van der Waals surface area (Å²) in [5.41, 5.74) is 8.03. The number of halogens is 1. The quantitative estimate of drug-likeness (QED) is 0.201. The summed E-state index contributed by atoms with van der Waals surface area (Å²) in [6.45, 7) is 1.35. The molecule has 1 aliphatic carbocycles. The van der Waals surface area contributed by atoms with Crippen LogP contribution in [0.1, 0.15) is 38.7 Å². The van der Waals surface area contributed by atoms with Gasteiger partial charge < -0.3 is 15.7 Å². The van der Waals surface area contributed by atoms with Crippen molar-refractivity contribution in [2.45, 2.75) is 31.7 Å². The van der Waals surface area contributed by atoms with Crippen LogP contribution in [0.15, 0.2) is 121 Å². The normalized spacial score (nSPS) is 15.9. The lowest BCUT2D eigenvalue weighted by molar-refractivity contribution is 0.0854. The molecule has 1 amide bonds. The fourth-order valence-electron chi connectivity index (χ4n) is 5.48. The second kappa shape index (κ2) is 11.9. The molecular weight excluding hydrogens is 511 g/mol. The molecule has 0 saturated carbocycles. The summed E-state index contributed by atoms with van der Waals surface area (Å²) in [7, 11) is 0. The van der Waals surface area contributed by atoms with Crippen LogP contribution >= 0.6 is 0 Å². The van der Waals surface area contributed by atoms with E-state index in [1.165, 1.54) is 28.8 Å². The summed E-state index contributed by atoms with van der Waals surface area (Å²) in [4.78, 5) is 13.1. The van der Waals surface area contributed by atoms with Gasteiger partial charge in [-0.2, -0.15) is 0 Å². The third-order valence-electron chi connectivity index (χ3n) is 7.69. The Morgan fingerprint density at radius 1 is 0.707 bits per heavy atom. The van der Waals surface area contributed by atoms with Gasteiger partial charge in [-0.05, 0) is 56.6 Å². The largest absolute Gasteiger partial charge is 0.390 e. The third kappa shape index (κ3) is 5.97. The van der Waals surface area contributed by atoms with Crippen molar-refractivity contribution in [2.24, 2.45) is 0 Å². The van der Waals surface area contributed by atoms with Gasteiger partial charge in [0.05, 0.1) is 17.7 Å². The predicted molar refractivity (Wildman–Crippen MR) is 161 cm³/mol. The molecule has 0 heterocycles. The molecule has 0 bridgehead atoms. The number of nitrogens with one attached hydrogen (secondary N) is 2. The predicted octanol–water partition coefficient (Wildman–Crippen LogP) is 6.84. The summed E-state index contributed by atoms with van der Waals surface area (Å²) in [5.74, 6) is -1.13. The lowest BCUT2D eigenvalue weighted by Gasteiger charge is -2.19. The Balaban J connectivity index is 1.10. The van der Waals surface area contributed by atoms with Gasteiger partial charge in [-0.25, -0.2) is 4.39 Å². The van der Waals surface area contributed by atoms with Crippen LogP contribution in [-0.2, 0) is 19.5 Å². The van der Waals surface area contributed by atoms with Gasteiger partial charge in [0.15, 0.2) is 0 Å². The molecule has 0 aliphatic heterocycles. The first-order valence-electron chi connectivity index (χ1n) is 13.9. The van der Waals surface area contributed by atoms with E-state index in [0.717, 1.165) is 22.3 Å². The van der Waals surface area contributed by atoms with E-state index in [9.17, 15) is 14.3 Å². The summed E-state index contributed by atoms with van der Waals surface area (Å²) in [6, 6.07) is 38.4. The van der Waals surface area contributed by atoms with Crippen LogP contribution in [0.2, 0.25) is 0 Å². The zero-order chi connectivity index (χ0) is 28.2. The third-order valence-corrected chi connectivity index (χ3v) is 7.69. The highest BCUT2D eigenvalue weighted by molar-refractivity contribution is 5.95. The lowest BCUT2D eigenvalue weighted by atomic mass is 10.0. The minimum absolute atomic E-state index is 0.0403. The maximum absolute atomic E-state index is 15.0. The number of benzene rings is 5. The van der Waals surface area contributed by atoms with Crippen LogP contribution in [0.4, 0.5) is 4.39 Å². The van der Waals surface area contributed by atoms with E-state index in [4.69, 9.17) is 0 Å². The minimum Gasteiger partial charge on any atom is -0.390 e. The molecule has 0 spiro atoms. The Kier molecular flexibility index (Phi) is 7.72. The highest BCUT2D eigenvalue weighted by atomic mass is 19.1. The molecule has 5 heteroatoms. The Morgan fingerprint density at radius 2 is 1.29 bits per heavy atom. The molecule has 0 unspecified atom stereocenters. The zero-order valence-corrected chi connectivity index (χ0v) is 22.6. The first-order chi connectivity index (χ1) is 20.0. The fraction of sp³-hybridized carbons (Fsp3) is 0.139. The van der Waals surface area contributed by atoms with Crippen molar-refractivity contribution in [1.29, 1.82) is 0 Å². The molecule has 5 aromatic carbocycles. The number of carbonyl (C=O) groups is 1. The van der Waals surface area contributed by atoms with Crippen molar-refractivity contribution in [3.63, 3.8) is 0 Å². The second-order valence-corrected chi connectivity index (χ2v) is 10.5. The van der Waals surface area contributed by atoms with Crippen molar-refractivity contribution in [2.75, 3.05) is 0 Å². The number of aliphatic hydroxyl groups is 1. The van der Waals surface area contributed by atoms with Crippen LogP contribution < -0.4 is 10.6 Å². The monoisotopic (exact) mass is 542 g/mol. The van der Waals surface area contributed by atoms with E-state index in [-0.39, 0.29) is 5.56 Å². The topological polar surface area (TPSA) is 61.4 Å². The Morgan fingerprint density at radius 3 is 1.98 bits per heavy atom. The van der Waals surface area contributed by atoms with Gasteiger partial charge in [-0.15, -0.1) is 0 Å². The van der Waals surface area contributed by atoms with Gasteiger partial charge in [0.2, 0.25) is 0 Å². The SMILES string of the molecule is O=C(N[C@@H]1c2cc(CNCc3ccc(-c4ccccc4)cc3)ccc2C[C@H]1O)c1ccc(-c2ccccc2)cc1F. The van der Waals surface area contributed by atoms with E-state index >= 15 is 0 Å². The summed E-state index contributed by atoms with van der Waals surface area (Å²) in [5, 5.41) is 17.1. The molecule has 2 atom stereocenters. The number of carbonyl (C=O) groups excluding carboxylic acids is 1. The Bertz CT molecular complexity index is 1650. The fourth-order valence-corrected chi connectivity index (χ4v) is 5.48. The second-order valence-electron chi connectivity index (χ2n) is 10.5. The van der Waals surface area contributed by atoms with Crippen LogP contribution in [-0.4, -0.2) is 17.1 Å². The van der Waals surface area contributed by atoms with E-state index in [0.29, 0.717) is 25.1 Å². The Hall–Kier alpha value is -4.58. The molecular formula is C36H31FN2O2. The van der Waals surface area contributed by atoms with Crippen LogP contribution in [0, 0.1) is 5.82 Å². The van der Waals surface area contributed by atoms with Crippen molar-refractivity contribution >= 4 is 5.91 Å². The van der Waals surface area contributed by atoms with Gasteiger partial charge in [-0.3, -0.25) is 4.79 Å². The summed E-state index contributed by atoms with van der Waals surface area (Å²) < 4.78 is 15.0. The smallest absolute Gasteiger partial charge is 0.254 e. The number of aliphatic hydroxyl groups excluding tert-OH is 1. The standard InChI is InChI=1S/C36H31FN2O2/c37-33-20-29(27-9-5-2-6-10-27)17-18-31(33)36(41)39-35-32-19-25(13-16-30(32)21-34(35)40)23-38-22-24-11-14-28(15-12-24)26-7-3-1-4-8-26/h1-20,34-35,38,40H,21-23H2,(H,39,41)/t34-,35-/m1/s1. The highest BCUT2D eigenvalue weighted by Crippen LogP contribution is 2.33. The number of hydrogen-bond donors (Lipinski definition) is 3. The van der Waals surface area contributed by atoms with Gasteiger partial charge in [0.25, 0.3) is 5.91 Å². The van der Waals surface area contributed by atoms with Crippen molar-refractivity contribution in [3.8, 4) is 22.3 Å². The molecule has 5 aromatic rings. The molecule has 41 heavy (non-hydrogen) atoms. The van der Waals surface area contributed by atoms with E-state index in [2.05, 4.69) is 47.0 Å². The average molecular weight is 543 g/mol. The van der Waals surface area contributed by atoms with Gasteiger partial charge in [0, 0.05) is 19.5 Å². The first-order valence-corrected chi connectivity index (χ1v) is 13.9. The van der Waals surface area contributed by atoms with Gasteiger partial charge in [0.1, 0.15) is 5.82 Å². The summed E-state index contributed by atoms with van der Waals surface area (Å²) in [6.07, 6.45) is -0.330. The zero-order valence-electron chi connectivity index (χ0n) is 22.6. The van der Waals surface area contributed by atoms with Crippen molar-refractivity contribution in [1.82, 2.24) is 10.6 Å². The van der Waals surface area contributed by atoms with E-state index in [1.54, 1.807) is 6.07 Å². The Labute approximate surface area is 239 Å². The van der Waals surface area contributed by atoms with Gasteiger partial charge >= 0.3 is 0 Å². The molecule has 3 N–H and O–H groups in total. The maximum atomic E-state index is 15.0. The molecule has 0 saturated heterocycles. The number of rotatable bonds is 8. The molecule has 0 radical (unpaired) electrons. The number of hydrogen-bond acceptors (Lipinski definition) is 3. The van der Waals surface area contributed by atoms with Crippen LogP contribution in [0.25, 0.3) is 22.3 Å². The van der Waals surface area contributed by atoms with Crippen molar-refractivity contribution < 1.29 is 14.3 Å². The number of fused-ring (bicyclic) bond motifs is 1. The molecule has 0 aromatic heterocycles.